The number of nitrogens with one attached hydrogen (secondary N) is 2. The van der Waals surface area contributed by atoms with E-state index < -0.39 is 11.9 Å². The summed E-state index contributed by atoms with van der Waals surface area (Å²) >= 11 is 12.0. The molecule has 32 heavy (non-hydrogen) atoms. The van der Waals surface area contributed by atoms with Crippen LogP contribution in [-0.2, 0) is 4.79 Å². The maximum atomic E-state index is 13.0. The highest BCUT2D eigenvalue weighted by Gasteiger charge is 2.29. The van der Waals surface area contributed by atoms with Crippen molar-refractivity contribution >= 4 is 40.9 Å². The second-order valence-electron chi connectivity index (χ2n) is 8.37. The van der Waals surface area contributed by atoms with Crippen LogP contribution in [0.1, 0.15) is 53.8 Å². The molecule has 1 aliphatic rings. The molecule has 0 radical (unpaired) electrons. The summed E-state index contributed by atoms with van der Waals surface area (Å²) in [5.74, 6) is -0.542. The zero-order valence-corrected chi connectivity index (χ0v) is 19.6. The molecule has 0 saturated carbocycles. The number of hydrogen-bond acceptors (Lipinski definition) is 4. The van der Waals surface area contributed by atoms with E-state index in [0.717, 1.165) is 0 Å². The van der Waals surface area contributed by atoms with Crippen molar-refractivity contribution in [2.24, 2.45) is 5.92 Å². The number of rotatable bonds is 7. The van der Waals surface area contributed by atoms with Gasteiger partial charge in [-0.25, -0.2) is 0 Å². The number of carbonyl (C=O) groups excluding carboxylic acids is 3. The minimum absolute atomic E-state index is 0.0680. The van der Waals surface area contributed by atoms with Crippen LogP contribution in [0.15, 0.2) is 41.2 Å². The first kappa shape index (κ1) is 24.1. The predicted octanol–water partition coefficient (Wildman–Crippen LogP) is 4.15. The normalized spacial score (nSPS) is 15.5. The molecular formula is C23H27Cl2N3O4. The first-order valence-electron chi connectivity index (χ1n) is 10.6. The summed E-state index contributed by atoms with van der Waals surface area (Å²) in [5, 5.41) is 6.50. The molecule has 9 heteroatoms. The van der Waals surface area contributed by atoms with Gasteiger partial charge >= 0.3 is 0 Å². The van der Waals surface area contributed by atoms with Gasteiger partial charge in [-0.1, -0.05) is 37.0 Å². The number of amides is 3. The van der Waals surface area contributed by atoms with Crippen molar-refractivity contribution in [3.05, 3.63) is 58.0 Å². The zero-order valence-electron chi connectivity index (χ0n) is 18.1. The highest BCUT2D eigenvalue weighted by atomic mass is 35.5. The number of piperidine rings is 1. The van der Waals surface area contributed by atoms with E-state index in [1.807, 2.05) is 13.8 Å². The minimum atomic E-state index is -0.695. The van der Waals surface area contributed by atoms with Gasteiger partial charge in [-0.05, 0) is 49.4 Å². The third-order valence-corrected chi connectivity index (χ3v) is 5.95. The summed E-state index contributed by atoms with van der Waals surface area (Å²) in [6.07, 6.45) is 4.67. The molecular weight excluding hydrogens is 453 g/mol. The molecule has 0 aliphatic carbocycles. The molecule has 1 aromatic heterocycles. The van der Waals surface area contributed by atoms with Crippen LogP contribution in [-0.4, -0.2) is 47.8 Å². The molecule has 7 nitrogen and oxygen atoms in total. The number of halogens is 2. The van der Waals surface area contributed by atoms with E-state index in [2.05, 4.69) is 10.6 Å². The molecule has 1 atom stereocenters. The van der Waals surface area contributed by atoms with Crippen molar-refractivity contribution in [2.75, 3.05) is 13.1 Å². The molecule has 0 spiro atoms. The van der Waals surface area contributed by atoms with Gasteiger partial charge in [-0.3, -0.25) is 14.4 Å². The van der Waals surface area contributed by atoms with E-state index in [-0.39, 0.29) is 34.4 Å². The highest BCUT2D eigenvalue weighted by Crippen LogP contribution is 2.21. The van der Waals surface area contributed by atoms with E-state index in [9.17, 15) is 14.4 Å². The van der Waals surface area contributed by atoms with E-state index in [1.165, 1.54) is 24.7 Å². The Morgan fingerprint density at radius 3 is 2.47 bits per heavy atom. The Labute approximate surface area is 197 Å². The number of benzene rings is 1. The standard InChI is InChI=1S/C23H27Cl2N3O4/c1-14(2)11-20(27-21(29)18-4-3-16(24)12-19(18)25)22(30)26-17-5-8-28(9-6-17)23(31)15-7-10-32-13-15/h3-4,7,10,12-14,17,20H,5-6,8-9,11H2,1-2H3,(H,26,30)(H,27,29). The Morgan fingerprint density at radius 1 is 1.16 bits per heavy atom. The van der Waals surface area contributed by atoms with Crippen molar-refractivity contribution in [3.8, 4) is 0 Å². The van der Waals surface area contributed by atoms with Gasteiger partial charge in [0.2, 0.25) is 5.91 Å². The molecule has 1 aromatic carbocycles. The third-order valence-electron chi connectivity index (χ3n) is 5.40. The Morgan fingerprint density at radius 2 is 1.88 bits per heavy atom. The lowest BCUT2D eigenvalue weighted by atomic mass is 10.00. The van der Waals surface area contributed by atoms with Gasteiger partial charge in [0.15, 0.2) is 0 Å². The molecule has 1 fully saturated rings. The van der Waals surface area contributed by atoms with Crippen molar-refractivity contribution in [2.45, 2.75) is 45.2 Å². The molecule has 2 heterocycles. The number of hydrogen-bond donors (Lipinski definition) is 2. The van der Waals surface area contributed by atoms with Gasteiger partial charge in [-0.15, -0.1) is 0 Å². The Bertz CT molecular complexity index is 954. The number of nitrogens with zero attached hydrogens (tertiary/aromatic N) is 1. The maximum Gasteiger partial charge on any atom is 0.257 e. The molecule has 0 bridgehead atoms. The second-order valence-corrected chi connectivity index (χ2v) is 9.21. The number of carbonyl (C=O) groups is 3. The Kier molecular flexibility index (Phi) is 8.21. The van der Waals surface area contributed by atoms with Gasteiger partial charge in [0.1, 0.15) is 12.3 Å². The van der Waals surface area contributed by atoms with Crippen LogP contribution in [0, 0.1) is 5.92 Å². The van der Waals surface area contributed by atoms with Crippen molar-refractivity contribution < 1.29 is 18.8 Å². The quantitative estimate of drug-likeness (QED) is 0.623. The summed E-state index contributed by atoms with van der Waals surface area (Å²) in [6, 6.07) is 5.49. The van der Waals surface area contributed by atoms with Crippen LogP contribution in [0.25, 0.3) is 0 Å². The molecule has 172 valence electrons. The monoisotopic (exact) mass is 479 g/mol. The van der Waals surface area contributed by atoms with Crippen molar-refractivity contribution in [3.63, 3.8) is 0 Å². The lowest BCUT2D eigenvalue weighted by Crippen LogP contribution is -2.53. The molecule has 3 amide bonds. The second kappa shape index (κ2) is 10.9. The lowest BCUT2D eigenvalue weighted by Gasteiger charge is -2.33. The molecule has 1 unspecified atom stereocenters. The smallest absolute Gasteiger partial charge is 0.257 e. The van der Waals surface area contributed by atoms with Gasteiger partial charge in [0, 0.05) is 24.2 Å². The molecule has 2 N–H and O–H groups in total. The van der Waals surface area contributed by atoms with Crippen LogP contribution in [0.5, 0.6) is 0 Å². The van der Waals surface area contributed by atoms with E-state index in [0.29, 0.717) is 42.9 Å². The average Bonchev–Trinajstić information content (AvgIpc) is 3.27. The van der Waals surface area contributed by atoms with Crippen LogP contribution in [0.3, 0.4) is 0 Å². The number of likely N-dealkylation sites (tertiary alicyclic amines) is 1. The van der Waals surface area contributed by atoms with Crippen molar-refractivity contribution in [1.29, 1.82) is 0 Å². The summed E-state index contributed by atoms with van der Waals surface area (Å²) < 4.78 is 4.98. The summed E-state index contributed by atoms with van der Waals surface area (Å²) in [7, 11) is 0. The van der Waals surface area contributed by atoms with Crippen LogP contribution < -0.4 is 10.6 Å². The minimum Gasteiger partial charge on any atom is -0.472 e. The summed E-state index contributed by atoms with van der Waals surface area (Å²) in [4.78, 5) is 39.9. The zero-order chi connectivity index (χ0) is 23.3. The van der Waals surface area contributed by atoms with Crippen LogP contribution in [0.4, 0.5) is 0 Å². The molecule has 1 aliphatic heterocycles. The van der Waals surface area contributed by atoms with Gasteiger partial charge in [-0.2, -0.15) is 0 Å². The van der Waals surface area contributed by atoms with Gasteiger partial charge in [0.25, 0.3) is 11.8 Å². The largest absolute Gasteiger partial charge is 0.472 e. The highest BCUT2D eigenvalue weighted by molar-refractivity contribution is 6.36. The summed E-state index contributed by atoms with van der Waals surface area (Å²) in [6.45, 7) is 5.05. The SMILES string of the molecule is CC(C)CC(NC(=O)c1ccc(Cl)cc1Cl)C(=O)NC1CCN(C(=O)c2ccoc2)CC1. The van der Waals surface area contributed by atoms with Gasteiger partial charge < -0.3 is 20.0 Å². The predicted molar refractivity (Wildman–Crippen MR) is 123 cm³/mol. The van der Waals surface area contributed by atoms with E-state index in [1.54, 1.807) is 17.0 Å². The van der Waals surface area contributed by atoms with Crippen LogP contribution >= 0.6 is 23.2 Å². The lowest BCUT2D eigenvalue weighted by molar-refractivity contribution is -0.124. The Hall–Kier alpha value is -2.51. The first-order chi connectivity index (χ1) is 15.2. The maximum absolute atomic E-state index is 13.0. The molecule has 1 saturated heterocycles. The number of furan rings is 1. The molecule has 3 rings (SSSR count). The van der Waals surface area contributed by atoms with Gasteiger partial charge in [0.05, 0.1) is 22.4 Å². The third kappa shape index (κ3) is 6.26. The Balaban J connectivity index is 1.58. The molecule has 2 aromatic rings. The van der Waals surface area contributed by atoms with E-state index in [4.69, 9.17) is 27.6 Å². The fourth-order valence-corrected chi connectivity index (χ4v) is 4.20. The summed E-state index contributed by atoms with van der Waals surface area (Å²) in [5.41, 5.74) is 0.789. The van der Waals surface area contributed by atoms with Crippen molar-refractivity contribution in [1.82, 2.24) is 15.5 Å². The van der Waals surface area contributed by atoms with Crippen LogP contribution in [0.2, 0.25) is 10.0 Å². The fourth-order valence-electron chi connectivity index (χ4n) is 3.71. The topological polar surface area (TPSA) is 91.7 Å². The first-order valence-corrected chi connectivity index (χ1v) is 11.4. The average molecular weight is 480 g/mol. The van der Waals surface area contributed by atoms with E-state index >= 15 is 0 Å². The fraction of sp³-hybridized carbons (Fsp3) is 0.435.